The highest BCUT2D eigenvalue weighted by molar-refractivity contribution is 5.72. The van der Waals surface area contributed by atoms with Gasteiger partial charge >= 0.3 is 17.9 Å². The monoisotopic (exact) mass is 1180 g/mol. The van der Waals surface area contributed by atoms with E-state index in [-0.39, 0.29) is 129 Å². The molecule has 10 rings (SSSR count). The molecule has 10 aliphatic rings. The zero-order chi connectivity index (χ0) is 60.4. The predicted octanol–water partition coefficient (Wildman–Crippen LogP) is 7.89. The standard InChI is InChI=1S/C65H100O19/c1-33(19-35(3)31-74-57(72)22-34(2)21-55(68)69)20-46-37(5)24-52-62(8,83-46)30-50-60(80-52)61(73)65(11)54(78-50)29-49-59(84-65)36(4)13-12-14-44-43(76-49)17-18-51-63(9,81-44)32-64(10)53(79-51)28-48-45(82-64)16-15-42(67)47(77-48)27-40(66)26-41-23-38(6)58(75-41)39(7)25-56(70)71/h12-13,19,34-36,38-54,58-61,66-67,73H,5,14-18,20-32H2,1-4,6-11H3,(H,68,69)(H,70,71). The molecule has 0 aliphatic carbocycles. The van der Waals surface area contributed by atoms with Crippen molar-refractivity contribution < 1.29 is 92.0 Å². The fourth-order valence-electron chi connectivity index (χ4n) is 16.7. The molecule has 19 heteroatoms. The summed E-state index contributed by atoms with van der Waals surface area (Å²) in [5, 5.41) is 53.8. The van der Waals surface area contributed by atoms with Gasteiger partial charge in [-0.3, -0.25) is 14.4 Å². The number of carbonyl (C=O) groups excluding carboxylic acids is 1. The van der Waals surface area contributed by atoms with Gasteiger partial charge in [0.25, 0.3) is 0 Å². The summed E-state index contributed by atoms with van der Waals surface area (Å²) in [6, 6.07) is 0. The molecule has 0 saturated carbocycles. The van der Waals surface area contributed by atoms with E-state index in [1.807, 2.05) is 27.7 Å². The number of fused-ring (bicyclic) bond motifs is 8. The molecule has 0 spiro atoms. The highest BCUT2D eigenvalue weighted by Gasteiger charge is 2.65. The molecule has 0 amide bonds. The molecular weight excluding hydrogens is 1080 g/mol. The van der Waals surface area contributed by atoms with Crippen molar-refractivity contribution >= 4 is 17.9 Å². The van der Waals surface area contributed by atoms with Crippen molar-refractivity contribution in [3.63, 3.8) is 0 Å². The average molecular weight is 1190 g/mol. The van der Waals surface area contributed by atoms with E-state index in [1.165, 1.54) is 0 Å². The lowest BCUT2D eigenvalue weighted by Crippen LogP contribution is -2.74. The molecule has 28 unspecified atom stereocenters. The molecule has 474 valence electrons. The van der Waals surface area contributed by atoms with Crippen molar-refractivity contribution in [3.05, 3.63) is 36.0 Å². The summed E-state index contributed by atoms with van der Waals surface area (Å²) in [6.45, 7) is 24.8. The Morgan fingerprint density at radius 1 is 0.726 bits per heavy atom. The number of carboxylic acids is 2. The number of hydrogen-bond acceptors (Lipinski definition) is 17. The maximum Gasteiger partial charge on any atom is 0.306 e. The molecule has 9 saturated heterocycles. The molecule has 0 aromatic carbocycles. The molecule has 0 radical (unpaired) electrons. The lowest BCUT2D eigenvalue weighted by molar-refractivity contribution is -0.369. The van der Waals surface area contributed by atoms with Crippen LogP contribution in [0.25, 0.3) is 0 Å². The number of ether oxygens (including phenoxy) is 11. The third-order valence-electron chi connectivity index (χ3n) is 21.1. The van der Waals surface area contributed by atoms with Gasteiger partial charge in [0.05, 0.1) is 134 Å². The second-order valence-corrected chi connectivity index (χ2v) is 28.7. The minimum absolute atomic E-state index is 0.0345. The Bertz CT molecular complexity index is 2420. The first-order chi connectivity index (χ1) is 39.6. The van der Waals surface area contributed by atoms with Crippen molar-refractivity contribution in [1.29, 1.82) is 0 Å². The van der Waals surface area contributed by atoms with E-state index in [2.05, 4.69) is 59.4 Å². The van der Waals surface area contributed by atoms with Crippen LogP contribution in [0, 0.1) is 29.6 Å². The SMILES string of the molecule is C=C1CC2OC3C(CC2(C)OC1CC(C)=CC(C)COC(=O)CC(C)CC(=O)O)OC1CC2OC4CCC5OC6CC7OC(CC(O)CC8CC(C)C(C(C)CC(=O)O)O8)C(O)CCC7OC6(C)CC5(C)OC4CC=CC(C)C2OC1(C)C3O. The van der Waals surface area contributed by atoms with E-state index in [4.69, 9.17) is 57.2 Å². The second kappa shape index (κ2) is 25.5. The van der Waals surface area contributed by atoms with Crippen LogP contribution >= 0.6 is 0 Å². The van der Waals surface area contributed by atoms with Gasteiger partial charge in [0.15, 0.2) is 0 Å². The number of rotatable bonds is 16. The first-order valence-electron chi connectivity index (χ1n) is 31.9. The van der Waals surface area contributed by atoms with Crippen LogP contribution < -0.4 is 0 Å². The zero-order valence-electron chi connectivity index (χ0n) is 51.5. The number of hydrogen-bond donors (Lipinski definition) is 5. The van der Waals surface area contributed by atoms with Crippen LogP contribution in [0.1, 0.15) is 178 Å². The van der Waals surface area contributed by atoms with Crippen LogP contribution in [0.4, 0.5) is 0 Å². The molecule has 0 aromatic heterocycles. The van der Waals surface area contributed by atoms with Crippen LogP contribution in [-0.2, 0) is 66.5 Å². The average Bonchev–Trinajstić information content (AvgIpc) is 0.867. The molecule has 84 heavy (non-hydrogen) atoms. The molecule has 0 aromatic rings. The van der Waals surface area contributed by atoms with Crippen LogP contribution in [0.15, 0.2) is 36.0 Å². The third kappa shape index (κ3) is 13.8. The number of aliphatic hydroxyl groups is 3. The molecule has 19 nitrogen and oxygen atoms in total. The van der Waals surface area contributed by atoms with Crippen molar-refractivity contribution in [2.45, 2.75) is 317 Å². The number of esters is 1. The van der Waals surface area contributed by atoms with Crippen LogP contribution in [-0.4, -0.2) is 188 Å². The smallest absolute Gasteiger partial charge is 0.306 e. The summed E-state index contributed by atoms with van der Waals surface area (Å²) in [6.07, 6.45) is 5.79. The van der Waals surface area contributed by atoms with Gasteiger partial charge in [-0.2, -0.15) is 0 Å². The first kappa shape index (κ1) is 64.1. The van der Waals surface area contributed by atoms with Crippen LogP contribution in [0.3, 0.4) is 0 Å². The minimum Gasteiger partial charge on any atom is -0.481 e. The van der Waals surface area contributed by atoms with Crippen molar-refractivity contribution in [2.75, 3.05) is 6.61 Å². The summed E-state index contributed by atoms with van der Waals surface area (Å²) < 4.78 is 75.5. The van der Waals surface area contributed by atoms with Gasteiger partial charge in [-0.15, -0.1) is 0 Å². The van der Waals surface area contributed by atoms with Gasteiger partial charge in [0.2, 0.25) is 0 Å². The highest BCUT2D eigenvalue weighted by atomic mass is 16.7. The third-order valence-corrected chi connectivity index (χ3v) is 21.1. The normalized spacial score (nSPS) is 47.2. The maximum atomic E-state index is 12.5. The topological polar surface area (TPSA) is 254 Å². The van der Waals surface area contributed by atoms with E-state index in [0.717, 1.165) is 17.6 Å². The Balaban J connectivity index is 0.759. The van der Waals surface area contributed by atoms with E-state index >= 15 is 0 Å². The zero-order valence-corrected chi connectivity index (χ0v) is 51.5. The predicted molar refractivity (Wildman–Crippen MR) is 306 cm³/mol. The van der Waals surface area contributed by atoms with Crippen LogP contribution in [0.2, 0.25) is 0 Å². The molecular formula is C65H100O19. The van der Waals surface area contributed by atoms with Crippen LogP contribution in [0.5, 0.6) is 0 Å². The molecule has 9 fully saturated rings. The number of carboxylic acid groups (broad SMARTS) is 2. The fraction of sp³-hybridized carbons (Fsp3) is 0.862. The van der Waals surface area contributed by atoms with Gasteiger partial charge in [-0.05, 0) is 116 Å². The number of aliphatic carboxylic acids is 2. The molecule has 0 bridgehead atoms. The van der Waals surface area contributed by atoms with Crippen molar-refractivity contribution in [3.8, 4) is 0 Å². The van der Waals surface area contributed by atoms with Gasteiger partial charge in [0.1, 0.15) is 17.8 Å². The summed E-state index contributed by atoms with van der Waals surface area (Å²) >= 11 is 0. The van der Waals surface area contributed by atoms with E-state index in [1.54, 1.807) is 6.92 Å². The Morgan fingerprint density at radius 2 is 1.44 bits per heavy atom. The quantitative estimate of drug-likeness (QED) is 0.0727. The Hall–Kier alpha value is -2.89. The van der Waals surface area contributed by atoms with Crippen molar-refractivity contribution in [2.24, 2.45) is 29.6 Å². The minimum atomic E-state index is -1.09. The molecule has 5 N–H and O–H groups in total. The summed E-state index contributed by atoms with van der Waals surface area (Å²) in [5.41, 5.74) is -1.26. The van der Waals surface area contributed by atoms with E-state index in [9.17, 15) is 34.8 Å². The van der Waals surface area contributed by atoms with Gasteiger partial charge in [-0.1, -0.05) is 65.0 Å². The molecule has 10 aliphatic heterocycles. The summed E-state index contributed by atoms with van der Waals surface area (Å²) in [4.78, 5) is 34.9. The van der Waals surface area contributed by atoms with E-state index in [0.29, 0.717) is 77.0 Å². The highest BCUT2D eigenvalue weighted by Crippen LogP contribution is 2.54. The second-order valence-electron chi connectivity index (χ2n) is 28.7. The maximum absolute atomic E-state index is 12.5. The Kier molecular flexibility index (Phi) is 19.5. The van der Waals surface area contributed by atoms with E-state index < -0.39 is 89.1 Å². The lowest BCUT2D eigenvalue weighted by atomic mass is 9.72. The first-order valence-corrected chi connectivity index (χ1v) is 31.9. The van der Waals surface area contributed by atoms with Gasteiger partial charge in [0, 0.05) is 56.8 Å². The fourth-order valence-corrected chi connectivity index (χ4v) is 16.7. The summed E-state index contributed by atoms with van der Waals surface area (Å²) in [7, 11) is 0. The summed E-state index contributed by atoms with van der Waals surface area (Å²) in [5.74, 6) is -2.58. The lowest BCUT2D eigenvalue weighted by Gasteiger charge is -2.61. The molecule has 10 heterocycles. The van der Waals surface area contributed by atoms with Gasteiger partial charge < -0.3 is 77.6 Å². The number of aliphatic hydroxyl groups excluding tert-OH is 3. The number of carbonyl (C=O) groups is 3. The molecule has 28 atom stereocenters. The van der Waals surface area contributed by atoms with Gasteiger partial charge in [-0.25, -0.2) is 0 Å². The largest absolute Gasteiger partial charge is 0.481 e. The Morgan fingerprint density at radius 3 is 2.19 bits per heavy atom. The van der Waals surface area contributed by atoms with Crippen molar-refractivity contribution in [1.82, 2.24) is 0 Å². The Labute approximate surface area is 497 Å².